The normalized spacial score (nSPS) is 15.5. The molecule has 112 valence electrons. The van der Waals surface area contributed by atoms with Gasteiger partial charge >= 0.3 is 0 Å². The van der Waals surface area contributed by atoms with E-state index in [1.165, 1.54) is 12.8 Å². The first-order chi connectivity index (χ1) is 10.8. The molecule has 2 aliphatic rings. The van der Waals surface area contributed by atoms with Crippen molar-refractivity contribution in [3.05, 3.63) is 42.1 Å². The number of benzene rings is 1. The fourth-order valence-electron chi connectivity index (χ4n) is 2.23. The average molecular weight is 297 g/mol. The molecular formula is C16H15N3O3. The van der Waals surface area contributed by atoms with Gasteiger partial charge in [0, 0.05) is 11.6 Å². The van der Waals surface area contributed by atoms with Gasteiger partial charge in [-0.1, -0.05) is 0 Å². The molecule has 1 aliphatic carbocycles. The summed E-state index contributed by atoms with van der Waals surface area (Å²) in [5, 5.41) is 6.12. The molecule has 1 saturated carbocycles. The lowest BCUT2D eigenvalue weighted by atomic mass is 10.2. The number of hydrogen-bond acceptors (Lipinski definition) is 5. The van der Waals surface area contributed by atoms with Gasteiger partial charge in [-0.2, -0.15) is 0 Å². The number of hydrogen-bond donors (Lipinski definition) is 2. The molecule has 22 heavy (non-hydrogen) atoms. The number of pyridine rings is 1. The number of carbonyl (C=O) groups excluding carboxylic acids is 1. The van der Waals surface area contributed by atoms with E-state index in [-0.39, 0.29) is 12.7 Å². The highest BCUT2D eigenvalue weighted by Crippen LogP contribution is 2.32. The number of rotatable bonds is 4. The van der Waals surface area contributed by atoms with Crippen molar-refractivity contribution in [3.63, 3.8) is 0 Å². The van der Waals surface area contributed by atoms with Crippen molar-refractivity contribution in [3.8, 4) is 11.5 Å². The first kappa shape index (κ1) is 12.9. The summed E-state index contributed by atoms with van der Waals surface area (Å²) in [6, 6.07) is 9.38. The number of carbonyl (C=O) groups is 1. The Morgan fingerprint density at radius 2 is 2.00 bits per heavy atom. The van der Waals surface area contributed by atoms with Crippen LogP contribution in [0.5, 0.6) is 11.5 Å². The summed E-state index contributed by atoms with van der Waals surface area (Å²) < 4.78 is 10.5. The van der Waals surface area contributed by atoms with E-state index in [1.54, 1.807) is 24.4 Å². The molecule has 2 heterocycles. The number of ether oxygens (including phenoxy) is 2. The number of amides is 1. The van der Waals surface area contributed by atoms with E-state index >= 15 is 0 Å². The zero-order chi connectivity index (χ0) is 14.9. The maximum absolute atomic E-state index is 12.2. The largest absolute Gasteiger partial charge is 0.454 e. The second kappa shape index (κ2) is 5.22. The first-order valence-corrected chi connectivity index (χ1v) is 7.21. The summed E-state index contributed by atoms with van der Waals surface area (Å²) in [5.41, 5.74) is 1.17. The van der Waals surface area contributed by atoms with Crippen LogP contribution in [-0.2, 0) is 0 Å². The second-order valence-corrected chi connectivity index (χ2v) is 5.37. The molecule has 0 unspecified atom stereocenters. The maximum Gasteiger partial charge on any atom is 0.255 e. The third-order valence-electron chi connectivity index (χ3n) is 3.59. The van der Waals surface area contributed by atoms with Crippen LogP contribution in [0.1, 0.15) is 23.2 Å². The van der Waals surface area contributed by atoms with E-state index in [0.717, 1.165) is 5.82 Å². The maximum atomic E-state index is 12.2. The van der Waals surface area contributed by atoms with Crippen LogP contribution >= 0.6 is 0 Å². The monoisotopic (exact) mass is 297 g/mol. The van der Waals surface area contributed by atoms with Gasteiger partial charge in [0.15, 0.2) is 11.5 Å². The summed E-state index contributed by atoms with van der Waals surface area (Å²) in [7, 11) is 0. The van der Waals surface area contributed by atoms with Gasteiger partial charge in [0.1, 0.15) is 5.82 Å². The zero-order valence-electron chi connectivity index (χ0n) is 11.8. The molecule has 1 fully saturated rings. The van der Waals surface area contributed by atoms with Gasteiger partial charge in [-0.05, 0) is 43.2 Å². The van der Waals surface area contributed by atoms with Gasteiger partial charge in [-0.25, -0.2) is 4.98 Å². The third kappa shape index (κ3) is 2.67. The van der Waals surface area contributed by atoms with Crippen LogP contribution in [0, 0.1) is 0 Å². The first-order valence-electron chi connectivity index (χ1n) is 7.21. The molecule has 1 aromatic carbocycles. The van der Waals surface area contributed by atoms with Crippen LogP contribution in [0.2, 0.25) is 0 Å². The fraction of sp³-hybridized carbons (Fsp3) is 0.250. The predicted molar refractivity (Wildman–Crippen MR) is 81.4 cm³/mol. The number of aromatic nitrogens is 1. The van der Waals surface area contributed by atoms with Crippen molar-refractivity contribution in [1.29, 1.82) is 0 Å². The molecule has 0 bridgehead atoms. The van der Waals surface area contributed by atoms with E-state index < -0.39 is 0 Å². The van der Waals surface area contributed by atoms with Gasteiger partial charge in [0.25, 0.3) is 5.91 Å². The number of nitrogens with zero attached hydrogens (tertiary/aromatic N) is 1. The molecule has 4 rings (SSSR count). The topological polar surface area (TPSA) is 72.5 Å². The van der Waals surface area contributed by atoms with Crippen LogP contribution < -0.4 is 20.1 Å². The van der Waals surface area contributed by atoms with Crippen LogP contribution in [0.25, 0.3) is 0 Å². The molecule has 0 saturated heterocycles. The molecule has 6 nitrogen and oxygen atoms in total. The highest BCUT2D eigenvalue weighted by atomic mass is 16.7. The quantitative estimate of drug-likeness (QED) is 0.907. The van der Waals surface area contributed by atoms with Crippen molar-refractivity contribution < 1.29 is 14.3 Å². The summed E-state index contributed by atoms with van der Waals surface area (Å²) in [4.78, 5) is 16.5. The molecule has 6 heteroatoms. The highest BCUT2D eigenvalue weighted by Gasteiger charge is 2.21. The third-order valence-corrected chi connectivity index (χ3v) is 3.59. The fourth-order valence-corrected chi connectivity index (χ4v) is 2.23. The highest BCUT2D eigenvalue weighted by molar-refractivity contribution is 6.04. The van der Waals surface area contributed by atoms with Crippen LogP contribution in [0.15, 0.2) is 36.5 Å². The van der Waals surface area contributed by atoms with Crippen molar-refractivity contribution in [2.24, 2.45) is 0 Å². The zero-order valence-corrected chi connectivity index (χ0v) is 11.8. The van der Waals surface area contributed by atoms with Crippen LogP contribution in [0.3, 0.4) is 0 Å². The average Bonchev–Trinajstić information content (AvgIpc) is 3.22. The van der Waals surface area contributed by atoms with E-state index in [9.17, 15) is 4.79 Å². The Bertz CT molecular complexity index is 711. The molecule has 1 aliphatic heterocycles. The minimum atomic E-state index is -0.206. The lowest BCUT2D eigenvalue weighted by Gasteiger charge is -2.07. The number of anilines is 2. The molecule has 0 spiro atoms. The molecule has 1 amide bonds. The second-order valence-electron chi connectivity index (χ2n) is 5.37. The Balaban J connectivity index is 1.44. The Labute approximate surface area is 127 Å². The lowest BCUT2D eigenvalue weighted by Crippen LogP contribution is -2.12. The summed E-state index contributed by atoms with van der Waals surface area (Å²) in [5.74, 6) is 1.88. The number of fused-ring (bicyclic) bond motifs is 1. The van der Waals surface area contributed by atoms with Gasteiger partial charge in [-0.15, -0.1) is 0 Å². The number of nitrogens with one attached hydrogen (secondary N) is 2. The minimum Gasteiger partial charge on any atom is -0.454 e. The van der Waals surface area contributed by atoms with Crippen molar-refractivity contribution in [2.75, 3.05) is 17.4 Å². The van der Waals surface area contributed by atoms with Crippen LogP contribution in [0.4, 0.5) is 11.5 Å². The molecule has 1 aromatic heterocycles. The van der Waals surface area contributed by atoms with E-state index in [1.807, 2.05) is 12.1 Å². The smallest absolute Gasteiger partial charge is 0.255 e. The molecular weight excluding hydrogens is 282 g/mol. The van der Waals surface area contributed by atoms with Gasteiger partial charge in [0.2, 0.25) is 6.79 Å². The van der Waals surface area contributed by atoms with E-state index in [2.05, 4.69) is 15.6 Å². The Morgan fingerprint density at radius 3 is 2.77 bits per heavy atom. The molecule has 0 atom stereocenters. The van der Waals surface area contributed by atoms with E-state index in [4.69, 9.17) is 9.47 Å². The van der Waals surface area contributed by atoms with Gasteiger partial charge in [0.05, 0.1) is 11.9 Å². The summed E-state index contributed by atoms with van der Waals surface area (Å²) >= 11 is 0. The lowest BCUT2D eigenvalue weighted by molar-refractivity contribution is 0.102. The van der Waals surface area contributed by atoms with Crippen molar-refractivity contribution in [2.45, 2.75) is 18.9 Å². The molecule has 2 N–H and O–H groups in total. The Kier molecular flexibility index (Phi) is 3.07. The van der Waals surface area contributed by atoms with Crippen LogP contribution in [-0.4, -0.2) is 23.7 Å². The molecule has 2 aromatic rings. The predicted octanol–water partition coefficient (Wildman–Crippen LogP) is 2.64. The van der Waals surface area contributed by atoms with Gasteiger partial charge < -0.3 is 20.1 Å². The van der Waals surface area contributed by atoms with E-state index in [0.29, 0.717) is 28.8 Å². The van der Waals surface area contributed by atoms with Crippen molar-refractivity contribution >= 4 is 17.4 Å². The SMILES string of the molecule is O=C(Nc1ccc(NC2CC2)nc1)c1ccc2c(c1)OCO2. The Morgan fingerprint density at radius 1 is 1.14 bits per heavy atom. The molecule has 0 radical (unpaired) electrons. The summed E-state index contributed by atoms with van der Waals surface area (Å²) in [6.07, 6.45) is 4.05. The summed E-state index contributed by atoms with van der Waals surface area (Å²) in [6.45, 7) is 0.194. The van der Waals surface area contributed by atoms with Gasteiger partial charge in [-0.3, -0.25) is 4.79 Å². The minimum absolute atomic E-state index is 0.194. The Hall–Kier alpha value is -2.76. The van der Waals surface area contributed by atoms with Crippen molar-refractivity contribution in [1.82, 2.24) is 4.98 Å². The standard InChI is InChI=1S/C16H15N3O3/c20-16(10-1-5-13-14(7-10)22-9-21-13)19-12-4-6-15(17-8-12)18-11-2-3-11/h1,4-8,11H,2-3,9H2,(H,17,18)(H,19,20).